The molecule has 0 saturated carbocycles. The summed E-state index contributed by atoms with van der Waals surface area (Å²) in [6, 6.07) is 6.47. The quantitative estimate of drug-likeness (QED) is 0.235. The Morgan fingerprint density at radius 1 is 1.00 bits per heavy atom. The summed E-state index contributed by atoms with van der Waals surface area (Å²) >= 11 is 0. The molecule has 0 spiro atoms. The molecule has 0 heterocycles. The van der Waals surface area contributed by atoms with Crippen LogP contribution in [0.25, 0.3) is 0 Å². The summed E-state index contributed by atoms with van der Waals surface area (Å²) in [6.07, 6.45) is -2.24. The molecule has 0 amide bonds. The van der Waals surface area contributed by atoms with Crippen LogP contribution >= 0.6 is 0 Å². The number of aryl methyl sites for hydroxylation is 1. The first-order chi connectivity index (χ1) is 13.7. The van der Waals surface area contributed by atoms with Crippen molar-refractivity contribution in [1.29, 1.82) is 0 Å². The number of benzene rings is 2. The van der Waals surface area contributed by atoms with Gasteiger partial charge in [-0.25, -0.2) is 17.6 Å². The van der Waals surface area contributed by atoms with Gasteiger partial charge in [-0.1, -0.05) is 31.9 Å². The van der Waals surface area contributed by atoms with Gasteiger partial charge in [-0.15, -0.1) is 0 Å². The Morgan fingerprint density at radius 3 is 2.17 bits per heavy atom. The summed E-state index contributed by atoms with van der Waals surface area (Å²) in [5, 5.41) is 0. The summed E-state index contributed by atoms with van der Waals surface area (Å²) in [4.78, 5) is 0. The molecule has 2 rings (SSSR count). The van der Waals surface area contributed by atoms with E-state index in [1.165, 1.54) is 12.1 Å². The maximum atomic E-state index is 14.3. The monoisotopic (exact) mass is 418 g/mol. The number of hydrogen-bond donors (Lipinski definition) is 0. The average Bonchev–Trinajstić information content (AvgIpc) is 2.64. The lowest BCUT2D eigenvalue weighted by molar-refractivity contribution is -0.185. The first kappa shape index (κ1) is 22.6. The number of halogens is 6. The van der Waals surface area contributed by atoms with Gasteiger partial charge in [-0.2, -0.15) is 8.78 Å². The fraction of sp³-hybridized carbons (Fsp3) is 0.333. The van der Waals surface area contributed by atoms with Crippen LogP contribution in [0.1, 0.15) is 37.3 Å². The first-order valence-corrected chi connectivity index (χ1v) is 8.99. The maximum absolute atomic E-state index is 14.3. The van der Waals surface area contributed by atoms with E-state index in [0.29, 0.717) is 18.4 Å². The fourth-order valence-corrected chi connectivity index (χ4v) is 2.53. The van der Waals surface area contributed by atoms with Crippen molar-refractivity contribution in [3.63, 3.8) is 0 Å². The molecule has 2 aromatic carbocycles. The van der Waals surface area contributed by atoms with Crippen molar-refractivity contribution in [2.24, 2.45) is 0 Å². The van der Waals surface area contributed by atoms with Crippen LogP contribution in [0.15, 0.2) is 48.7 Å². The lowest BCUT2D eigenvalue weighted by Gasteiger charge is -2.19. The number of unbranched alkanes of at least 4 members (excludes halogenated alkanes) is 2. The Bertz CT molecular complexity index is 795. The van der Waals surface area contributed by atoms with Crippen molar-refractivity contribution in [1.82, 2.24) is 0 Å². The molecule has 158 valence electrons. The zero-order valence-corrected chi connectivity index (χ0v) is 15.6. The normalized spacial score (nSPS) is 12.0. The Morgan fingerprint density at radius 2 is 1.62 bits per heavy atom. The standard InChI is InChI=1S/C21H20F6O2/c1-2-3-4-5-14-6-8-15(9-7-14)21(26,27)29-16-12-17(22)20(18(23)13-16)28-11-10-19(24)25/h6-13,19H,2-5H2,1H3/b11-10+. The third-order valence-electron chi connectivity index (χ3n) is 3.99. The van der Waals surface area contributed by atoms with Crippen molar-refractivity contribution >= 4 is 0 Å². The van der Waals surface area contributed by atoms with E-state index in [9.17, 15) is 26.3 Å². The molecule has 0 fully saturated rings. The van der Waals surface area contributed by atoms with Gasteiger partial charge in [0, 0.05) is 18.2 Å². The molecular weight excluding hydrogens is 398 g/mol. The third kappa shape index (κ3) is 6.73. The summed E-state index contributed by atoms with van der Waals surface area (Å²) in [5.41, 5.74) is 0.422. The molecule has 0 radical (unpaired) electrons. The van der Waals surface area contributed by atoms with E-state index >= 15 is 0 Å². The van der Waals surface area contributed by atoms with Gasteiger partial charge in [0.15, 0.2) is 17.4 Å². The predicted molar refractivity (Wildman–Crippen MR) is 96.3 cm³/mol. The number of hydrogen-bond acceptors (Lipinski definition) is 2. The van der Waals surface area contributed by atoms with Gasteiger partial charge >= 0.3 is 6.11 Å². The lowest BCUT2D eigenvalue weighted by Crippen LogP contribution is -2.22. The second-order valence-electron chi connectivity index (χ2n) is 6.27. The maximum Gasteiger partial charge on any atom is 0.426 e. The molecule has 0 saturated heterocycles. The number of alkyl halides is 4. The van der Waals surface area contributed by atoms with E-state index in [4.69, 9.17) is 0 Å². The van der Waals surface area contributed by atoms with Gasteiger partial charge in [0.2, 0.25) is 0 Å². The number of ether oxygens (including phenoxy) is 2. The van der Waals surface area contributed by atoms with Crippen molar-refractivity contribution in [2.75, 3.05) is 0 Å². The summed E-state index contributed by atoms with van der Waals surface area (Å²) in [5.74, 6) is -4.53. The minimum atomic E-state index is -3.83. The van der Waals surface area contributed by atoms with Crippen molar-refractivity contribution in [2.45, 2.75) is 45.1 Å². The molecule has 0 N–H and O–H groups in total. The van der Waals surface area contributed by atoms with Crippen LogP contribution in [0, 0.1) is 11.6 Å². The highest BCUT2D eigenvalue weighted by atomic mass is 19.3. The topological polar surface area (TPSA) is 18.5 Å². The second-order valence-corrected chi connectivity index (χ2v) is 6.27. The summed E-state index contributed by atoms with van der Waals surface area (Å²) in [6.45, 7) is 2.06. The molecule has 2 aromatic rings. The minimum absolute atomic E-state index is 0.267. The predicted octanol–water partition coefficient (Wildman–Crippen LogP) is 6.98. The van der Waals surface area contributed by atoms with Crippen LogP contribution in [0.5, 0.6) is 11.5 Å². The molecule has 0 aromatic heterocycles. The number of allylic oxidation sites excluding steroid dienone is 1. The average molecular weight is 418 g/mol. The Labute approximate surface area is 164 Å². The molecule has 0 unspecified atom stereocenters. The van der Waals surface area contributed by atoms with Gasteiger partial charge in [0.1, 0.15) is 5.75 Å². The van der Waals surface area contributed by atoms with E-state index in [0.717, 1.165) is 31.2 Å². The second kappa shape index (κ2) is 10.2. The summed E-state index contributed by atoms with van der Waals surface area (Å²) < 4.78 is 89.4. The van der Waals surface area contributed by atoms with Crippen LogP contribution in [0.3, 0.4) is 0 Å². The van der Waals surface area contributed by atoms with Crippen LogP contribution in [0.4, 0.5) is 26.3 Å². The molecule has 2 nitrogen and oxygen atoms in total. The lowest BCUT2D eigenvalue weighted by atomic mass is 10.1. The SMILES string of the molecule is CCCCCc1ccc(C(F)(F)Oc2cc(F)c(O/C=C/C(F)F)c(F)c2)cc1. The minimum Gasteiger partial charge on any atom is -0.459 e. The molecule has 0 bridgehead atoms. The van der Waals surface area contributed by atoms with Crippen LogP contribution in [-0.2, 0) is 12.5 Å². The first-order valence-electron chi connectivity index (χ1n) is 8.99. The van der Waals surface area contributed by atoms with E-state index < -0.39 is 41.2 Å². The van der Waals surface area contributed by atoms with Crippen LogP contribution < -0.4 is 9.47 Å². The smallest absolute Gasteiger partial charge is 0.426 e. The van der Waals surface area contributed by atoms with E-state index in [-0.39, 0.29) is 6.08 Å². The highest BCUT2D eigenvalue weighted by Crippen LogP contribution is 2.35. The van der Waals surface area contributed by atoms with Crippen molar-refractivity contribution in [3.8, 4) is 11.5 Å². The molecule has 29 heavy (non-hydrogen) atoms. The zero-order valence-electron chi connectivity index (χ0n) is 15.6. The van der Waals surface area contributed by atoms with Crippen LogP contribution in [0.2, 0.25) is 0 Å². The molecule has 8 heteroatoms. The van der Waals surface area contributed by atoms with E-state index in [1.54, 1.807) is 12.1 Å². The van der Waals surface area contributed by atoms with Crippen LogP contribution in [-0.4, -0.2) is 6.43 Å². The fourth-order valence-electron chi connectivity index (χ4n) is 2.53. The highest BCUT2D eigenvalue weighted by Gasteiger charge is 2.35. The van der Waals surface area contributed by atoms with Gasteiger partial charge in [-0.05, 0) is 30.5 Å². The zero-order chi connectivity index (χ0) is 21.4. The van der Waals surface area contributed by atoms with Gasteiger partial charge in [-0.3, -0.25) is 0 Å². The Hall–Kier alpha value is -2.64. The summed E-state index contributed by atoms with van der Waals surface area (Å²) in [7, 11) is 0. The third-order valence-corrected chi connectivity index (χ3v) is 3.99. The number of rotatable bonds is 10. The highest BCUT2D eigenvalue weighted by molar-refractivity contribution is 5.36. The largest absolute Gasteiger partial charge is 0.459 e. The molecule has 0 aliphatic heterocycles. The molecule has 0 atom stereocenters. The Balaban J connectivity index is 2.11. The van der Waals surface area contributed by atoms with Crippen molar-refractivity contribution < 1.29 is 35.8 Å². The molecular formula is C21H20F6O2. The van der Waals surface area contributed by atoms with Gasteiger partial charge in [0.25, 0.3) is 6.43 Å². The molecule has 0 aliphatic carbocycles. The molecule has 0 aliphatic rings. The van der Waals surface area contributed by atoms with Gasteiger partial charge in [0.05, 0.1) is 11.8 Å². The van der Waals surface area contributed by atoms with E-state index in [2.05, 4.69) is 16.4 Å². The van der Waals surface area contributed by atoms with Gasteiger partial charge < -0.3 is 9.47 Å². The van der Waals surface area contributed by atoms with Crippen molar-refractivity contribution in [3.05, 3.63) is 71.5 Å². The Kier molecular flexibility index (Phi) is 7.99. The van der Waals surface area contributed by atoms with E-state index in [1.807, 2.05) is 0 Å².